The topological polar surface area (TPSA) is 70.0 Å². The van der Waals surface area contributed by atoms with Gasteiger partial charge in [0.15, 0.2) is 0 Å². The van der Waals surface area contributed by atoms with Gasteiger partial charge in [0, 0.05) is 0 Å². The highest BCUT2D eigenvalue weighted by Crippen LogP contribution is 2.23. The number of nitrogens with one attached hydrogen (secondary N) is 1. The van der Waals surface area contributed by atoms with Crippen molar-refractivity contribution in [3.05, 3.63) is 46.3 Å². The van der Waals surface area contributed by atoms with Crippen LogP contribution in [0, 0.1) is 11.3 Å². The molecule has 0 aliphatic carbocycles. The summed E-state index contributed by atoms with van der Waals surface area (Å²) in [6.45, 7) is 0. The molecule has 1 aromatic carbocycles. The highest BCUT2D eigenvalue weighted by atomic mass is 35.5. The van der Waals surface area contributed by atoms with E-state index in [0.29, 0.717) is 5.69 Å². The standard InChI is InChI=1S/C11H7ClN2O2S2/c12-10-4-3-9(6-8(10)7-13)14-18(15,16)11-2-1-5-17-11/h1-6,14H. The molecule has 0 atom stereocenters. The number of rotatable bonds is 3. The average Bonchev–Trinajstić information content (AvgIpc) is 2.85. The van der Waals surface area contributed by atoms with Gasteiger partial charge in [-0.05, 0) is 29.6 Å². The SMILES string of the molecule is N#Cc1cc(NS(=O)(=O)c2cccs2)ccc1Cl. The minimum absolute atomic E-state index is 0.218. The second-order valence-corrected chi connectivity index (χ2v) is 6.61. The lowest BCUT2D eigenvalue weighted by molar-refractivity contribution is 0.603. The third-order valence-corrected chi connectivity index (χ3v) is 5.21. The Morgan fingerprint density at radius 3 is 2.72 bits per heavy atom. The molecule has 2 aromatic rings. The molecule has 0 saturated carbocycles. The molecule has 4 nitrogen and oxygen atoms in total. The molecule has 0 unspecified atom stereocenters. The summed E-state index contributed by atoms with van der Waals surface area (Å²) in [5.74, 6) is 0. The van der Waals surface area contributed by atoms with Gasteiger partial charge in [-0.15, -0.1) is 11.3 Å². The zero-order chi connectivity index (χ0) is 13.2. The van der Waals surface area contributed by atoms with E-state index < -0.39 is 10.0 Å². The number of nitriles is 1. The number of hydrogen-bond donors (Lipinski definition) is 1. The fraction of sp³-hybridized carbons (Fsp3) is 0. The number of nitrogens with zero attached hydrogens (tertiary/aromatic N) is 1. The molecule has 18 heavy (non-hydrogen) atoms. The van der Waals surface area contributed by atoms with Crippen molar-refractivity contribution in [3.63, 3.8) is 0 Å². The molecule has 0 amide bonds. The Morgan fingerprint density at radius 1 is 1.33 bits per heavy atom. The van der Waals surface area contributed by atoms with Gasteiger partial charge in [-0.1, -0.05) is 17.7 Å². The number of anilines is 1. The zero-order valence-corrected chi connectivity index (χ0v) is 11.3. The van der Waals surface area contributed by atoms with E-state index in [1.165, 1.54) is 24.3 Å². The van der Waals surface area contributed by atoms with E-state index in [1.807, 2.05) is 6.07 Å². The first-order valence-electron chi connectivity index (χ1n) is 4.79. The van der Waals surface area contributed by atoms with Crippen LogP contribution in [0.1, 0.15) is 5.56 Å². The number of benzene rings is 1. The highest BCUT2D eigenvalue weighted by molar-refractivity contribution is 7.94. The van der Waals surface area contributed by atoms with Crippen molar-refractivity contribution in [2.24, 2.45) is 0 Å². The Bertz CT molecular complexity index is 703. The van der Waals surface area contributed by atoms with E-state index in [0.717, 1.165) is 11.3 Å². The third kappa shape index (κ3) is 2.64. The lowest BCUT2D eigenvalue weighted by atomic mass is 10.2. The monoisotopic (exact) mass is 298 g/mol. The van der Waals surface area contributed by atoms with Crippen molar-refractivity contribution in [1.82, 2.24) is 0 Å². The fourth-order valence-electron chi connectivity index (χ4n) is 1.30. The Kier molecular flexibility index (Phi) is 3.57. The second kappa shape index (κ2) is 4.98. The van der Waals surface area contributed by atoms with Gasteiger partial charge in [0.1, 0.15) is 10.3 Å². The summed E-state index contributed by atoms with van der Waals surface area (Å²) in [5, 5.41) is 10.8. The van der Waals surface area contributed by atoms with Crippen LogP contribution in [-0.2, 0) is 10.0 Å². The quantitative estimate of drug-likeness (QED) is 0.946. The van der Waals surface area contributed by atoms with Crippen molar-refractivity contribution >= 4 is 38.6 Å². The molecule has 0 spiro atoms. The van der Waals surface area contributed by atoms with E-state index in [9.17, 15) is 8.42 Å². The van der Waals surface area contributed by atoms with Crippen LogP contribution in [0.5, 0.6) is 0 Å². The number of thiophene rings is 1. The summed E-state index contributed by atoms with van der Waals surface area (Å²) in [4.78, 5) is 0. The van der Waals surface area contributed by atoms with Gasteiger partial charge in [0.2, 0.25) is 0 Å². The van der Waals surface area contributed by atoms with E-state index in [1.54, 1.807) is 11.4 Å². The van der Waals surface area contributed by atoms with E-state index >= 15 is 0 Å². The van der Waals surface area contributed by atoms with Gasteiger partial charge in [-0.25, -0.2) is 8.42 Å². The molecule has 0 saturated heterocycles. The normalized spacial score (nSPS) is 10.9. The van der Waals surface area contributed by atoms with Gasteiger partial charge >= 0.3 is 0 Å². The smallest absolute Gasteiger partial charge is 0.271 e. The van der Waals surface area contributed by atoms with Crippen LogP contribution in [0.4, 0.5) is 5.69 Å². The van der Waals surface area contributed by atoms with Crippen LogP contribution in [0.3, 0.4) is 0 Å². The summed E-state index contributed by atoms with van der Waals surface area (Å²) in [7, 11) is -3.59. The predicted molar refractivity (Wildman–Crippen MR) is 71.3 cm³/mol. The van der Waals surface area contributed by atoms with Crippen LogP contribution in [0.2, 0.25) is 5.02 Å². The largest absolute Gasteiger partial charge is 0.279 e. The molecule has 0 aliphatic heterocycles. The molecule has 1 heterocycles. The van der Waals surface area contributed by atoms with Gasteiger partial charge in [-0.2, -0.15) is 5.26 Å². The summed E-state index contributed by atoms with van der Waals surface area (Å²) >= 11 is 6.89. The molecule has 1 aromatic heterocycles. The van der Waals surface area contributed by atoms with Crippen molar-refractivity contribution < 1.29 is 8.42 Å². The van der Waals surface area contributed by atoms with Gasteiger partial charge in [-0.3, -0.25) is 4.72 Å². The molecule has 0 fully saturated rings. The van der Waals surface area contributed by atoms with E-state index in [-0.39, 0.29) is 14.8 Å². The Hall–Kier alpha value is -1.55. The van der Waals surface area contributed by atoms with Crippen molar-refractivity contribution in [3.8, 4) is 6.07 Å². The molecular weight excluding hydrogens is 292 g/mol. The second-order valence-electron chi connectivity index (χ2n) is 3.34. The van der Waals surface area contributed by atoms with Gasteiger partial charge in [0.25, 0.3) is 10.0 Å². The molecule has 92 valence electrons. The lowest BCUT2D eigenvalue weighted by Gasteiger charge is -2.06. The average molecular weight is 299 g/mol. The minimum atomic E-state index is -3.59. The maximum absolute atomic E-state index is 11.9. The van der Waals surface area contributed by atoms with Crippen LogP contribution < -0.4 is 4.72 Å². The number of halogens is 1. The Balaban J connectivity index is 2.34. The lowest BCUT2D eigenvalue weighted by Crippen LogP contribution is -2.11. The minimum Gasteiger partial charge on any atom is -0.279 e. The fourth-order valence-corrected chi connectivity index (χ4v) is 3.50. The maximum atomic E-state index is 11.9. The van der Waals surface area contributed by atoms with Gasteiger partial charge < -0.3 is 0 Å². The van der Waals surface area contributed by atoms with Crippen molar-refractivity contribution in [2.75, 3.05) is 4.72 Å². The maximum Gasteiger partial charge on any atom is 0.271 e. The summed E-state index contributed by atoms with van der Waals surface area (Å²) in [6, 6.07) is 9.44. The molecule has 0 bridgehead atoms. The van der Waals surface area contributed by atoms with Crippen molar-refractivity contribution in [2.45, 2.75) is 4.21 Å². The van der Waals surface area contributed by atoms with Crippen molar-refractivity contribution in [1.29, 1.82) is 5.26 Å². The first kappa shape index (κ1) is 12.9. The molecule has 1 N–H and O–H groups in total. The van der Waals surface area contributed by atoms with Crippen LogP contribution in [0.15, 0.2) is 39.9 Å². The Morgan fingerprint density at radius 2 is 2.11 bits per heavy atom. The molecule has 0 aliphatic rings. The summed E-state index contributed by atoms with van der Waals surface area (Å²) in [6.07, 6.45) is 0. The predicted octanol–water partition coefficient (Wildman–Crippen LogP) is 3.07. The van der Waals surface area contributed by atoms with Gasteiger partial charge in [0.05, 0.1) is 16.3 Å². The first-order valence-corrected chi connectivity index (χ1v) is 7.53. The first-order chi connectivity index (χ1) is 8.53. The zero-order valence-electron chi connectivity index (χ0n) is 8.92. The summed E-state index contributed by atoms with van der Waals surface area (Å²) < 4.78 is 26.5. The van der Waals surface area contributed by atoms with Crippen LogP contribution in [-0.4, -0.2) is 8.42 Å². The molecule has 0 radical (unpaired) electrons. The third-order valence-electron chi connectivity index (χ3n) is 2.10. The van der Waals surface area contributed by atoms with E-state index in [4.69, 9.17) is 16.9 Å². The molecule has 7 heteroatoms. The number of hydrogen-bond acceptors (Lipinski definition) is 4. The highest BCUT2D eigenvalue weighted by Gasteiger charge is 2.15. The summed E-state index contributed by atoms with van der Waals surface area (Å²) in [5.41, 5.74) is 0.535. The molecule has 2 rings (SSSR count). The Labute approximate surface area is 114 Å². The van der Waals surface area contributed by atoms with Crippen LogP contribution in [0.25, 0.3) is 0 Å². The number of sulfonamides is 1. The van der Waals surface area contributed by atoms with Crippen LogP contribution >= 0.6 is 22.9 Å². The molecular formula is C11H7ClN2O2S2. The van der Waals surface area contributed by atoms with E-state index in [2.05, 4.69) is 4.72 Å².